The Balaban J connectivity index is 2.05. The summed E-state index contributed by atoms with van der Waals surface area (Å²) in [6, 6.07) is 7.00. The molecule has 1 aliphatic rings. The maximum atomic E-state index is 13.0. The first-order valence-electron chi connectivity index (χ1n) is 6.65. The van der Waals surface area contributed by atoms with Crippen LogP contribution in [0.2, 0.25) is 0 Å². The van der Waals surface area contributed by atoms with Gasteiger partial charge in [-0.3, -0.25) is 0 Å². The Bertz CT molecular complexity index is 379. The van der Waals surface area contributed by atoms with Crippen molar-refractivity contribution < 1.29 is 9.13 Å². The van der Waals surface area contributed by atoms with Gasteiger partial charge in [-0.05, 0) is 36.5 Å². The first-order valence-corrected chi connectivity index (χ1v) is 6.65. The van der Waals surface area contributed by atoms with Crippen LogP contribution in [0, 0.1) is 11.7 Å². The fourth-order valence-electron chi connectivity index (χ4n) is 2.84. The van der Waals surface area contributed by atoms with E-state index in [1.54, 1.807) is 19.2 Å². The largest absolute Gasteiger partial charge is 0.383 e. The summed E-state index contributed by atoms with van der Waals surface area (Å²) in [6.45, 7) is 4.83. The average molecular weight is 251 g/mol. The van der Waals surface area contributed by atoms with E-state index in [0.717, 1.165) is 19.7 Å². The molecule has 2 atom stereocenters. The van der Waals surface area contributed by atoms with Crippen molar-refractivity contribution in [3.05, 3.63) is 35.6 Å². The quantitative estimate of drug-likeness (QED) is 0.785. The highest BCUT2D eigenvalue weighted by Gasteiger charge is 2.44. The molecule has 0 aliphatic heterocycles. The lowest BCUT2D eigenvalue weighted by Gasteiger charge is -2.49. The normalized spacial score (nSPS) is 26.9. The van der Waals surface area contributed by atoms with Gasteiger partial charge in [0.25, 0.3) is 0 Å². The molecule has 1 aliphatic carbocycles. The van der Waals surface area contributed by atoms with Gasteiger partial charge in [-0.1, -0.05) is 19.1 Å². The lowest BCUT2D eigenvalue weighted by molar-refractivity contribution is 0.127. The van der Waals surface area contributed by atoms with Crippen molar-refractivity contribution in [1.29, 1.82) is 0 Å². The van der Waals surface area contributed by atoms with E-state index in [2.05, 4.69) is 12.2 Å². The Morgan fingerprint density at radius 1 is 1.39 bits per heavy atom. The van der Waals surface area contributed by atoms with Gasteiger partial charge in [-0.2, -0.15) is 0 Å². The van der Waals surface area contributed by atoms with Crippen LogP contribution in [-0.2, 0) is 10.2 Å². The third-order valence-corrected chi connectivity index (χ3v) is 4.31. The molecule has 2 rings (SSSR count). The van der Waals surface area contributed by atoms with Crippen LogP contribution in [0.25, 0.3) is 0 Å². The second kappa shape index (κ2) is 5.81. The first-order chi connectivity index (χ1) is 8.69. The van der Waals surface area contributed by atoms with E-state index in [-0.39, 0.29) is 11.2 Å². The Morgan fingerprint density at radius 3 is 2.61 bits per heavy atom. The lowest BCUT2D eigenvalue weighted by Crippen LogP contribution is -2.50. The lowest BCUT2D eigenvalue weighted by atomic mass is 9.57. The highest BCUT2D eigenvalue weighted by molar-refractivity contribution is 5.30. The van der Waals surface area contributed by atoms with Crippen LogP contribution >= 0.6 is 0 Å². The van der Waals surface area contributed by atoms with E-state index in [1.165, 1.54) is 18.4 Å². The molecule has 0 heterocycles. The van der Waals surface area contributed by atoms with Gasteiger partial charge in [-0.25, -0.2) is 4.39 Å². The van der Waals surface area contributed by atoms with E-state index < -0.39 is 0 Å². The highest BCUT2D eigenvalue weighted by atomic mass is 19.1. The van der Waals surface area contributed by atoms with Crippen molar-refractivity contribution in [2.24, 2.45) is 5.92 Å². The summed E-state index contributed by atoms with van der Waals surface area (Å²) in [5.74, 6) is 0.492. The summed E-state index contributed by atoms with van der Waals surface area (Å²) in [7, 11) is 1.71. The van der Waals surface area contributed by atoms with Gasteiger partial charge in [0, 0.05) is 25.6 Å². The van der Waals surface area contributed by atoms with Crippen LogP contribution in [0.5, 0.6) is 0 Å². The molecule has 1 saturated carbocycles. The summed E-state index contributed by atoms with van der Waals surface area (Å²) < 4.78 is 18.1. The SMILES string of the molecule is COCCNCC1(c2ccc(F)cc2)CCC1C. The molecule has 0 spiro atoms. The van der Waals surface area contributed by atoms with Gasteiger partial charge in [0.1, 0.15) is 5.82 Å². The number of benzene rings is 1. The van der Waals surface area contributed by atoms with Crippen LogP contribution in [-0.4, -0.2) is 26.8 Å². The van der Waals surface area contributed by atoms with E-state index in [4.69, 9.17) is 4.74 Å². The molecule has 1 aromatic rings. The Hall–Kier alpha value is -0.930. The zero-order chi connectivity index (χ0) is 13.0. The minimum atomic E-state index is -0.159. The Kier molecular flexibility index (Phi) is 4.36. The monoisotopic (exact) mass is 251 g/mol. The van der Waals surface area contributed by atoms with Crippen molar-refractivity contribution in [3.63, 3.8) is 0 Å². The predicted molar refractivity (Wildman–Crippen MR) is 71.2 cm³/mol. The summed E-state index contributed by atoms with van der Waals surface area (Å²) in [5, 5.41) is 3.45. The molecule has 18 heavy (non-hydrogen) atoms. The third-order valence-electron chi connectivity index (χ3n) is 4.31. The fraction of sp³-hybridized carbons (Fsp3) is 0.600. The molecule has 0 aromatic heterocycles. The van der Waals surface area contributed by atoms with Gasteiger partial charge in [0.05, 0.1) is 6.61 Å². The van der Waals surface area contributed by atoms with Gasteiger partial charge in [0.15, 0.2) is 0 Å². The van der Waals surface area contributed by atoms with Gasteiger partial charge in [-0.15, -0.1) is 0 Å². The van der Waals surface area contributed by atoms with E-state index in [0.29, 0.717) is 5.92 Å². The molecule has 1 fully saturated rings. The molecule has 1 aromatic carbocycles. The van der Waals surface area contributed by atoms with Gasteiger partial charge >= 0.3 is 0 Å². The molecule has 2 nitrogen and oxygen atoms in total. The highest BCUT2D eigenvalue weighted by Crippen LogP contribution is 2.48. The smallest absolute Gasteiger partial charge is 0.123 e. The van der Waals surface area contributed by atoms with Crippen molar-refractivity contribution in [2.75, 3.05) is 26.8 Å². The fourth-order valence-corrected chi connectivity index (χ4v) is 2.84. The van der Waals surface area contributed by atoms with Crippen LogP contribution in [0.1, 0.15) is 25.3 Å². The van der Waals surface area contributed by atoms with E-state index >= 15 is 0 Å². The maximum absolute atomic E-state index is 13.0. The molecule has 1 N–H and O–H groups in total. The minimum absolute atomic E-state index is 0.159. The summed E-state index contributed by atoms with van der Waals surface area (Å²) in [4.78, 5) is 0. The van der Waals surface area contributed by atoms with Crippen LogP contribution in [0.15, 0.2) is 24.3 Å². The van der Waals surface area contributed by atoms with Crippen molar-refractivity contribution in [1.82, 2.24) is 5.32 Å². The topological polar surface area (TPSA) is 21.3 Å². The first kappa shape index (κ1) is 13.5. The number of rotatable bonds is 6. The Morgan fingerprint density at radius 2 is 2.11 bits per heavy atom. The molecule has 100 valence electrons. The van der Waals surface area contributed by atoms with Gasteiger partial charge in [0.2, 0.25) is 0 Å². The number of nitrogens with one attached hydrogen (secondary N) is 1. The van der Waals surface area contributed by atoms with E-state index in [1.807, 2.05) is 12.1 Å². The summed E-state index contributed by atoms with van der Waals surface area (Å²) in [6.07, 6.45) is 2.43. The number of methoxy groups -OCH3 is 1. The van der Waals surface area contributed by atoms with E-state index in [9.17, 15) is 4.39 Å². The summed E-state index contributed by atoms with van der Waals surface area (Å²) >= 11 is 0. The molecule has 3 heteroatoms. The van der Waals surface area contributed by atoms with Crippen LogP contribution < -0.4 is 5.32 Å². The number of hydrogen-bond acceptors (Lipinski definition) is 2. The minimum Gasteiger partial charge on any atom is -0.383 e. The van der Waals surface area contributed by atoms with Crippen molar-refractivity contribution >= 4 is 0 Å². The molecule has 0 saturated heterocycles. The number of hydrogen-bond donors (Lipinski definition) is 1. The molecule has 0 bridgehead atoms. The second-order valence-corrected chi connectivity index (χ2v) is 5.27. The van der Waals surface area contributed by atoms with Crippen molar-refractivity contribution in [2.45, 2.75) is 25.2 Å². The second-order valence-electron chi connectivity index (χ2n) is 5.27. The zero-order valence-corrected chi connectivity index (χ0v) is 11.2. The molecule has 2 unspecified atom stereocenters. The van der Waals surface area contributed by atoms with Gasteiger partial charge < -0.3 is 10.1 Å². The molecule has 0 radical (unpaired) electrons. The number of ether oxygens (including phenoxy) is 1. The zero-order valence-electron chi connectivity index (χ0n) is 11.2. The standard InChI is InChI=1S/C15H22FNO/c1-12-7-8-15(12,11-17-9-10-18-2)13-3-5-14(16)6-4-13/h3-6,12,17H,7-11H2,1-2H3. The van der Waals surface area contributed by atoms with Crippen LogP contribution in [0.3, 0.4) is 0 Å². The molecular formula is C15H22FNO. The Labute approximate surface area is 109 Å². The predicted octanol–water partition coefficient (Wildman–Crippen LogP) is 2.73. The van der Waals surface area contributed by atoms with Crippen molar-refractivity contribution in [3.8, 4) is 0 Å². The third kappa shape index (κ3) is 2.57. The summed E-state index contributed by atoms with van der Waals surface area (Å²) in [5.41, 5.74) is 1.44. The number of halogens is 1. The average Bonchev–Trinajstić information content (AvgIpc) is 2.38. The molecular weight excluding hydrogens is 229 g/mol. The molecule has 0 amide bonds. The van der Waals surface area contributed by atoms with Crippen LogP contribution in [0.4, 0.5) is 4.39 Å². The maximum Gasteiger partial charge on any atom is 0.123 e.